The minimum absolute atomic E-state index is 0.0576. The van der Waals surface area contributed by atoms with E-state index in [0.717, 1.165) is 70.3 Å². The summed E-state index contributed by atoms with van der Waals surface area (Å²) in [7, 11) is 0. The largest absolute Gasteiger partial charge is 0.476 e. The average Bonchev–Trinajstić information content (AvgIpc) is 3.62. The number of piperidine rings is 1. The van der Waals surface area contributed by atoms with Crippen molar-refractivity contribution in [1.82, 2.24) is 24.6 Å². The van der Waals surface area contributed by atoms with Gasteiger partial charge in [0, 0.05) is 56.7 Å². The van der Waals surface area contributed by atoms with E-state index in [1.165, 1.54) is 6.07 Å². The zero-order chi connectivity index (χ0) is 26.7. The Kier molecular flexibility index (Phi) is 6.24. The third kappa shape index (κ3) is 4.38. The lowest BCUT2D eigenvalue weighted by Gasteiger charge is -2.39. The van der Waals surface area contributed by atoms with Crippen molar-refractivity contribution in [3.8, 4) is 0 Å². The number of carbonyl (C=O) groups excluding carboxylic acids is 1. The molecule has 2 aliphatic carbocycles. The first kappa shape index (κ1) is 25.3. The molecule has 4 aliphatic rings. The van der Waals surface area contributed by atoms with Crippen molar-refractivity contribution in [2.45, 2.75) is 76.2 Å². The molecule has 0 bridgehead atoms. The maximum atomic E-state index is 14.0. The SMILES string of the molecule is O=C(O)c1ccn(C2CCN([C@@H]3C[C@H]4CCC[C@@]4(C(=O)N4CCc5ncc(C(F)(F)F)cc5C4)C3)CC2)n1. The van der Waals surface area contributed by atoms with Crippen LogP contribution < -0.4 is 0 Å². The van der Waals surface area contributed by atoms with Gasteiger partial charge in [-0.25, -0.2) is 4.79 Å². The molecule has 38 heavy (non-hydrogen) atoms. The van der Waals surface area contributed by atoms with Gasteiger partial charge in [-0.15, -0.1) is 0 Å². The quantitative estimate of drug-likeness (QED) is 0.637. The van der Waals surface area contributed by atoms with Crippen LogP contribution in [0.1, 0.15) is 78.3 Å². The summed E-state index contributed by atoms with van der Waals surface area (Å²) in [6.07, 6.45) is 5.07. The van der Waals surface area contributed by atoms with Crippen molar-refractivity contribution >= 4 is 11.9 Å². The number of carboxylic acid groups (broad SMARTS) is 1. The van der Waals surface area contributed by atoms with Crippen LogP contribution in [0, 0.1) is 11.3 Å². The zero-order valence-corrected chi connectivity index (χ0v) is 21.2. The van der Waals surface area contributed by atoms with Crippen LogP contribution in [0.3, 0.4) is 0 Å². The van der Waals surface area contributed by atoms with Crippen molar-refractivity contribution in [2.75, 3.05) is 19.6 Å². The number of carbonyl (C=O) groups is 2. The number of fused-ring (bicyclic) bond motifs is 2. The van der Waals surface area contributed by atoms with E-state index in [9.17, 15) is 22.8 Å². The number of likely N-dealkylation sites (tertiary alicyclic amines) is 1. The second-order valence-corrected chi connectivity index (χ2v) is 11.4. The Morgan fingerprint density at radius 2 is 1.89 bits per heavy atom. The van der Waals surface area contributed by atoms with E-state index >= 15 is 0 Å². The summed E-state index contributed by atoms with van der Waals surface area (Å²) in [4.78, 5) is 33.5. The van der Waals surface area contributed by atoms with Crippen LogP contribution in [-0.4, -0.2) is 67.2 Å². The van der Waals surface area contributed by atoms with Gasteiger partial charge in [-0.2, -0.15) is 18.3 Å². The maximum Gasteiger partial charge on any atom is 0.417 e. The molecular weight excluding hydrogens is 499 g/mol. The molecule has 2 aromatic rings. The van der Waals surface area contributed by atoms with Crippen LogP contribution in [0.2, 0.25) is 0 Å². The molecule has 204 valence electrons. The molecule has 1 saturated heterocycles. The molecule has 2 aliphatic heterocycles. The summed E-state index contributed by atoms with van der Waals surface area (Å²) in [5.41, 5.74) is 0.0317. The molecule has 0 aromatic carbocycles. The molecule has 4 heterocycles. The topological polar surface area (TPSA) is 91.6 Å². The molecule has 0 radical (unpaired) electrons. The van der Waals surface area contributed by atoms with E-state index in [1.54, 1.807) is 15.8 Å². The van der Waals surface area contributed by atoms with Gasteiger partial charge in [0.05, 0.1) is 17.0 Å². The number of amides is 1. The number of rotatable bonds is 4. The summed E-state index contributed by atoms with van der Waals surface area (Å²) >= 11 is 0. The van der Waals surface area contributed by atoms with E-state index < -0.39 is 23.1 Å². The number of halogens is 3. The number of hydrogen-bond donors (Lipinski definition) is 1. The van der Waals surface area contributed by atoms with Crippen LogP contribution in [-0.2, 0) is 23.9 Å². The molecule has 2 aromatic heterocycles. The van der Waals surface area contributed by atoms with Crippen LogP contribution in [0.15, 0.2) is 24.5 Å². The Morgan fingerprint density at radius 3 is 2.61 bits per heavy atom. The highest BCUT2D eigenvalue weighted by Gasteiger charge is 2.57. The summed E-state index contributed by atoms with van der Waals surface area (Å²) in [6, 6.07) is 3.17. The number of carboxylic acids is 1. The van der Waals surface area contributed by atoms with Gasteiger partial charge in [0.25, 0.3) is 0 Å². The van der Waals surface area contributed by atoms with Crippen LogP contribution in [0.5, 0.6) is 0 Å². The molecular formula is C27H32F3N5O3. The number of hydrogen-bond acceptors (Lipinski definition) is 5. The van der Waals surface area contributed by atoms with Crippen LogP contribution >= 0.6 is 0 Å². The molecule has 11 heteroatoms. The molecule has 0 unspecified atom stereocenters. The first-order valence-electron chi connectivity index (χ1n) is 13.5. The molecule has 3 atom stereocenters. The third-order valence-corrected chi connectivity index (χ3v) is 9.41. The number of aromatic nitrogens is 3. The Hall–Kier alpha value is -2.95. The highest BCUT2D eigenvalue weighted by atomic mass is 19.4. The zero-order valence-electron chi connectivity index (χ0n) is 21.2. The lowest BCUT2D eigenvalue weighted by molar-refractivity contribution is -0.144. The normalized spacial score (nSPS) is 28.3. The van der Waals surface area contributed by atoms with Crippen molar-refractivity contribution in [3.63, 3.8) is 0 Å². The first-order chi connectivity index (χ1) is 18.1. The minimum Gasteiger partial charge on any atom is -0.476 e. The van der Waals surface area contributed by atoms with Gasteiger partial charge in [0.15, 0.2) is 5.69 Å². The van der Waals surface area contributed by atoms with Crippen molar-refractivity contribution in [1.29, 1.82) is 0 Å². The highest BCUT2D eigenvalue weighted by Crippen LogP contribution is 2.57. The molecule has 8 nitrogen and oxygen atoms in total. The lowest BCUT2D eigenvalue weighted by Crippen LogP contribution is -2.47. The lowest BCUT2D eigenvalue weighted by atomic mass is 9.78. The van der Waals surface area contributed by atoms with Crippen LogP contribution in [0.4, 0.5) is 13.2 Å². The van der Waals surface area contributed by atoms with E-state index in [1.807, 2.05) is 0 Å². The molecule has 3 fully saturated rings. The Morgan fingerprint density at radius 1 is 1.11 bits per heavy atom. The van der Waals surface area contributed by atoms with Gasteiger partial charge in [0.1, 0.15) is 0 Å². The molecule has 2 saturated carbocycles. The predicted octanol–water partition coefficient (Wildman–Crippen LogP) is 4.17. The van der Waals surface area contributed by atoms with Crippen molar-refractivity contribution in [2.24, 2.45) is 11.3 Å². The Bertz CT molecular complexity index is 1240. The smallest absolute Gasteiger partial charge is 0.417 e. The second kappa shape index (κ2) is 9.36. The fourth-order valence-corrected chi connectivity index (χ4v) is 7.48. The van der Waals surface area contributed by atoms with Gasteiger partial charge in [0.2, 0.25) is 5.91 Å². The van der Waals surface area contributed by atoms with Crippen LogP contribution in [0.25, 0.3) is 0 Å². The first-order valence-corrected chi connectivity index (χ1v) is 13.5. The summed E-state index contributed by atoms with van der Waals surface area (Å²) < 4.78 is 41.5. The predicted molar refractivity (Wildman–Crippen MR) is 130 cm³/mol. The van der Waals surface area contributed by atoms with E-state index in [-0.39, 0.29) is 24.2 Å². The highest BCUT2D eigenvalue weighted by molar-refractivity contribution is 5.85. The van der Waals surface area contributed by atoms with Gasteiger partial charge < -0.3 is 14.9 Å². The average molecular weight is 532 g/mol. The molecule has 1 N–H and O–H groups in total. The molecule has 1 amide bonds. The van der Waals surface area contributed by atoms with Gasteiger partial charge in [-0.1, -0.05) is 6.42 Å². The summed E-state index contributed by atoms with van der Waals surface area (Å²) in [5, 5.41) is 13.4. The number of aromatic carboxylic acids is 1. The van der Waals surface area contributed by atoms with Crippen molar-refractivity contribution < 1.29 is 27.9 Å². The number of nitrogens with zero attached hydrogens (tertiary/aromatic N) is 5. The summed E-state index contributed by atoms with van der Waals surface area (Å²) in [5.74, 6) is -0.607. The van der Waals surface area contributed by atoms with E-state index in [4.69, 9.17) is 5.11 Å². The second-order valence-electron chi connectivity index (χ2n) is 11.4. The molecule has 6 rings (SSSR count). The van der Waals surface area contributed by atoms with Gasteiger partial charge >= 0.3 is 12.1 Å². The number of pyridine rings is 1. The minimum atomic E-state index is -4.45. The third-order valence-electron chi connectivity index (χ3n) is 9.41. The fourth-order valence-electron chi connectivity index (χ4n) is 7.48. The van der Waals surface area contributed by atoms with Gasteiger partial charge in [-0.05, 0) is 62.1 Å². The number of alkyl halides is 3. The van der Waals surface area contributed by atoms with Gasteiger partial charge in [-0.3, -0.25) is 14.5 Å². The Labute approximate surface area is 218 Å². The van der Waals surface area contributed by atoms with E-state index in [0.29, 0.717) is 36.2 Å². The fraction of sp³-hybridized carbons (Fsp3) is 0.630. The standard InChI is InChI=1S/C27H32F3N5O3/c28-27(29,30)19-12-17-16-34(10-5-22(17)31-15-19)25(38)26-7-1-2-18(26)13-21(14-26)33-8-3-20(4-9-33)35-11-6-23(32-35)24(36)37/h6,11-12,15,18,20-21H,1-5,7-10,13-14,16H2,(H,36,37)/t18-,21-,26-/m1/s1. The monoisotopic (exact) mass is 531 g/mol. The van der Waals surface area contributed by atoms with E-state index in [2.05, 4.69) is 15.0 Å². The maximum absolute atomic E-state index is 14.0. The Balaban J connectivity index is 1.13. The summed E-state index contributed by atoms with van der Waals surface area (Å²) in [6.45, 7) is 2.43. The van der Waals surface area contributed by atoms with Crippen molar-refractivity contribution in [3.05, 3.63) is 47.0 Å². The molecule has 0 spiro atoms.